The molecule has 26 heavy (non-hydrogen) atoms. The molecule has 1 saturated heterocycles. The van der Waals surface area contributed by atoms with Crippen molar-refractivity contribution in [2.75, 3.05) is 19.6 Å². The lowest BCUT2D eigenvalue weighted by atomic mass is 9.91. The Morgan fingerprint density at radius 2 is 1.81 bits per heavy atom. The molecule has 1 heterocycles. The number of rotatable bonds is 5. The first-order valence-electron chi connectivity index (χ1n) is 9.59. The Hall–Kier alpha value is -1.95. The summed E-state index contributed by atoms with van der Waals surface area (Å²) >= 11 is 0. The summed E-state index contributed by atoms with van der Waals surface area (Å²) in [6.45, 7) is 2.26. The van der Waals surface area contributed by atoms with Gasteiger partial charge < -0.3 is 16.0 Å². The van der Waals surface area contributed by atoms with Gasteiger partial charge in [-0.05, 0) is 55.8 Å². The number of nitrogens with zero attached hydrogens (tertiary/aromatic N) is 1. The topological polar surface area (TPSA) is 75.4 Å². The van der Waals surface area contributed by atoms with Crippen LogP contribution >= 0.6 is 0 Å². The Morgan fingerprint density at radius 1 is 1.12 bits per heavy atom. The fourth-order valence-electron chi connectivity index (χ4n) is 4.18. The molecule has 1 aliphatic heterocycles. The lowest BCUT2D eigenvalue weighted by molar-refractivity contribution is -0.140. The zero-order valence-corrected chi connectivity index (χ0v) is 15.1. The number of piperidine rings is 1. The van der Waals surface area contributed by atoms with Crippen LogP contribution in [0.2, 0.25) is 0 Å². The number of hydrogen-bond acceptors (Lipinski definition) is 3. The molecule has 3 N–H and O–H groups in total. The standard InChI is InChI=1S/C20H28FN3O2/c21-17-6-4-14(5-7-17)13-23-19(25)15-8-10-24(11-9-15)20(26)18-3-1-2-16(18)12-22/h4-7,15-16,18H,1-3,8-13,22H2,(H,23,25)/t16-,18-/m1/s1. The molecule has 3 rings (SSSR count). The maximum atomic E-state index is 12.9. The molecule has 0 unspecified atom stereocenters. The van der Waals surface area contributed by atoms with Crippen molar-refractivity contribution in [2.24, 2.45) is 23.5 Å². The zero-order chi connectivity index (χ0) is 18.5. The fraction of sp³-hybridized carbons (Fsp3) is 0.600. The van der Waals surface area contributed by atoms with Crippen molar-refractivity contribution in [1.82, 2.24) is 10.2 Å². The number of benzene rings is 1. The molecular formula is C20H28FN3O2. The van der Waals surface area contributed by atoms with Gasteiger partial charge in [0.05, 0.1) is 0 Å². The van der Waals surface area contributed by atoms with Crippen molar-refractivity contribution in [1.29, 1.82) is 0 Å². The predicted octanol–water partition coefficient (Wildman–Crippen LogP) is 2.06. The number of halogens is 1. The van der Waals surface area contributed by atoms with Crippen molar-refractivity contribution in [3.8, 4) is 0 Å². The van der Waals surface area contributed by atoms with Gasteiger partial charge in [0.2, 0.25) is 11.8 Å². The van der Waals surface area contributed by atoms with Gasteiger partial charge in [0, 0.05) is 31.5 Å². The molecule has 0 bridgehead atoms. The SMILES string of the molecule is NC[C@H]1CCC[C@H]1C(=O)N1CCC(C(=O)NCc2ccc(F)cc2)CC1. The molecule has 1 aliphatic carbocycles. The summed E-state index contributed by atoms with van der Waals surface area (Å²) in [6.07, 6.45) is 4.47. The molecule has 1 aromatic carbocycles. The highest BCUT2D eigenvalue weighted by Crippen LogP contribution is 2.33. The van der Waals surface area contributed by atoms with Crippen LogP contribution in [0.25, 0.3) is 0 Å². The van der Waals surface area contributed by atoms with Crippen molar-refractivity contribution in [2.45, 2.75) is 38.6 Å². The normalized spacial score (nSPS) is 23.8. The second-order valence-corrected chi connectivity index (χ2v) is 7.48. The summed E-state index contributed by atoms with van der Waals surface area (Å²) in [4.78, 5) is 27.0. The first-order valence-corrected chi connectivity index (χ1v) is 9.59. The van der Waals surface area contributed by atoms with Crippen LogP contribution in [-0.2, 0) is 16.1 Å². The predicted molar refractivity (Wildman–Crippen MR) is 97.4 cm³/mol. The van der Waals surface area contributed by atoms with Crippen molar-refractivity contribution in [3.63, 3.8) is 0 Å². The highest BCUT2D eigenvalue weighted by Gasteiger charge is 2.36. The number of amides is 2. The summed E-state index contributed by atoms with van der Waals surface area (Å²) in [5.41, 5.74) is 6.67. The quantitative estimate of drug-likeness (QED) is 0.843. The van der Waals surface area contributed by atoms with Crippen LogP contribution in [0.15, 0.2) is 24.3 Å². The number of nitrogens with two attached hydrogens (primary N) is 1. The highest BCUT2D eigenvalue weighted by molar-refractivity contribution is 5.81. The van der Waals surface area contributed by atoms with E-state index in [0.29, 0.717) is 44.9 Å². The van der Waals surface area contributed by atoms with Gasteiger partial charge in [0.15, 0.2) is 0 Å². The van der Waals surface area contributed by atoms with E-state index in [-0.39, 0.29) is 29.5 Å². The number of likely N-dealkylation sites (tertiary alicyclic amines) is 1. The van der Waals surface area contributed by atoms with Gasteiger partial charge in [-0.3, -0.25) is 9.59 Å². The lowest BCUT2D eigenvalue weighted by Gasteiger charge is -2.34. The lowest BCUT2D eigenvalue weighted by Crippen LogP contribution is -2.46. The van der Waals surface area contributed by atoms with E-state index >= 15 is 0 Å². The summed E-state index contributed by atoms with van der Waals surface area (Å²) in [5, 5.41) is 2.92. The summed E-state index contributed by atoms with van der Waals surface area (Å²) in [7, 11) is 0. The molecule has 142 valence electrons. The largest absolute Gasteiger partial charge is 0.352 e. The van der Waals surface area contributed by atoms with E-state index in [9.17, 15) is 14.0 Å². The van der Waals surface area contributed by atoms with Crippen LogP contribution in [0, 0.1) is 23.6 Å². The third kappa shape index (κ3) is 4.41. The van der Waals surface area contributed by atoms with Crippen molar-refractivity contribution < 1.29 is 14.0 Å². The summed E-state index contributed by atoms with van der Waals surface area (Å²) in [6, 6.07) is 6.13. The second-order valence-electron chi connectivity index (χ2n) is 7.48. The van der Waals surface area contributed by atoms with Gasteiger partial charge in [-0.2, -0.15) is 0 Å². The molecule has 1 aromatic rings. The number of carbonyl (C=O) groups is 2. The van der Waals surface area contributed by atoms with E-state index in [1.165, 1.54) is 12.1 Å². The van der Waals surface area contributed by atoms with Crippen molar-refractivity contribution in [3.05, 3.63) is 35.6 Å². The number of carbonyl (C=O) groups excluding carboxylic acids is 2. The molecule has 1 saturated carbocycles. The van der Waals surface area contributed by atoms with Gasteiger partial charge in [-0.1, -0.05) is 18.6 Å². The minimum atomic E-state index is -0.281. The Balaban J connectivity index is 1.44. The Kier molecular flexibility index (Phi) is 6.25. The fourth-order valence-corrected chi connectivity index (χ4v) is 4.18. The van der Waals surface area contributed by atoms with Crippen molar-refractivity contribution >= 4 is 11.8 Å². The Morgan fingerprint density at radius 3 is 2.46 bits per heavy atom. The monoisotopic (exact) mass is 361 g/mol. The summed E-state index contributed by atoms with van der Waals surface area (Å²) in [5.74, 6) is 0.290. The average molecular weight is 361 g/mol. The molecule has 6 heteroatoms. The maximum Gasteiger partial charge on any atom is 0.226 e. The zero-order valence-electron chi connectivity index (χ0n) is 15.1. The van der Waals surface area contributed by atoms with Crippen LogP contribution < -0.4 is 11.1 Å². The minimum Gasteiger partial charge on any atom is -0.352 e. The first-order chi connectivity index (χ1) is 12.6. The highest BCUT2D eigenvalue weighted by atomic mass is 19.1. The number of hydrogen-bond donors (Lipinski definition) is 2. The maximum absolute atomic E-state index is 12.9. The van der Waals surface area contributed by atoms with Gasteiger partial charge in [0.25, 0.3) is 0 Å². The number of nitrogens with one attached hydrogen (secondary N) is 1. The minimum absolute atomic E-state index is 0.0159. The smallest absolute Gasteiger partial charge is 0.226 e. The van der Waals surface area contributed by atoms with Crippen LogP contribution in [0.1, 0.15) is 37.7 Å². The van der Waals surface area contributed by atoms with Gasteiger partial charge in [-0.15, -0.1) is 0 Å². The molecule has 0 aromatic heterocycles. The van der Waals surface area contributed by atoms with E-state index in [2.05, 4.69) is 5.32 Å². The third-order valence-electron chi connectivity index (χ3n) is 5.84. The Labute approximate surface area is 154 Å². The van der Waals surface area contributed by atoms with E-state index in [1.807, 2.05) is 4.90 Å². The third-order valence-corrected chi connectivity index (χ3v) is 5.84. The average Bonchev–Trinajstić information content (AvgIpc) is 3.15. The van der Waals surface area contributed by atoms with Gasteiger partial charge in [-0.25, -0.2) is 4.39 Å². The summed E-state index contributed by atoms with van der Waals surface area (Å²) < 4.78 is 12.9. The molecule has 0 radical (unpaired) electrons. The van der Waals surface area contributed by atoms with Crippen LogP contribution in [0.5, 0.6) is 0 Å². The molecule has 5 nitrogen and oxygen atoms in total. The van der Waals surface area contributed by atoms with E-state index < -0.39 is 0 Å². The molecule has 2 amide bonds. The first kappa shape index (κ1) is 18.8. The molecule has 0 spiro atoms. The molecule has 2 atom stereocenters. The van der Waals surface area contributed by atoms with E-state index in [4.69, 9.17) is 5.73 Å². The second kappa shape index (κ2) is 8.62. The van der Waals surface area contributed by atoms with E-state index in [0.717, 1.165) is 24.8 Å². The molecule has 2 aliphatic rings. The molecule has 2 fully saturated rings. The van der Waals surface area contributed by atoms with Crippen LogP contribution in [0.3, 0.4) is 0 Å². The van der Waals surface area contributed by atoms with Crippen LogP contribution in [-0.4, -0.2) is 36.3 Å². The van der Waals surface area contributed by atoms with E-state index in [1.54, 1.807) is 12.1 Å². The van der Waals surface area contributed by atoms with Gasteiger partial charge in [0.1, 0.15) is 5.82 Å². The van der Waals surface area contributed by atoms with Crippen LogP contribution in [0.4, 0.5) is 4.39 Å². The Bertz CT molecular complexity index is 626. The van der Waals surface area contributed by atoms with Gasteiger partial charge >= 0.3 is 0 Å². The molecular weight excluding hydrogens is 333 g/mol.